The average molecular weight is 411 g/mol. The van der Waals surface area contributed by atoms with Crippen molar-refractivity contribution in [2.45, 2.75) is 64.0 Å². The fourth-order valence-electron chi connectivity index (χ4n) is 3.01. The van der Waals surface area contributed by atoms with Crippen LogP contribution in [0.2, 0.25) is 0 Å². The second kappa shape index (κ2) is 8.61. The second-order valence-corrected chi connectivity index (χ2v) is 10.2. The zero-order valence-electron chi connectivity index (χ0n) is 17.2. The lowest BCUT2D eigenvalue weighted by Gasteiger charge is -2.32. The third-order valence-electron chi connectivity index (χ3n) is 4.53. The number of carbonyl (C=O) groups excluding carboxylic acids is 2. The summed E-state index contributed by atoms with van der Waals surface area (Å²) < 4.78 is 32.4. The molecule has 0 saturated carbocycles. The third-order valence-corrected chi connectivity index (χ3v) is 6.41. The Hall–Kier alpha value is -1.93. The van der Waals surface area contributed by atoms with Crippen LogP contribution in [0.1, 0.15) is 46.1 Å². The van der Waals surface area contributed by atoms with Crippen LogP contribution < -0.4 is 5.32 Å². The van der Waals surface area contributed by atoms with Crippen molar-refractivity contribution in [2.75, 3.05) is 13.1 Å². The van der Waals surface area contributed by atoms with Gasteiger partial charge in [-0.1, -0.05) is 17.7 Å². The highest BCUT2D eigenvalue weighted by Gasteiger charge is 2.34. The summed E-state index contributed by atoms with van der Waals surface area (Å²) in [6.07, 6.45) is 1.16. The minimum absolute atomic E-state index is 0.100. The number of rotatable bonds is 5. The van der Waals surface area contributed by atoms with E-state index in [-0.39, 0.29) is 17.3 Å². The summed E-state index contributed by atoms with van der Waals surface area (Å²) in [4.78, 5) is 24.9. The number of amides is 1. The van der Waals surface area contributed by atoms with Gasteiger partial charge in [0.05, 0.1) is 10.8 Å². The van der Waals surface area contributed by atoms with Crippen molar-refractivity contribution < 1.29 is 22.7 Å². The molecule has 2 rings (SSSR count). The van der Waals surface area contributed by atoms with Crippen molar-refractivity contribution in [2.24, 2.45) is 5.92 Å². The number of carbonyl (C=O) groups is 2. The fourth-order valence-corrected chi connectivity index (χ4v) is 4.54. The number of benzene rings is 1. The van der Waals surface area contributed by atoms with Gasteiger partial charge in [0.2, 0.25) is 15.9 Å². The Kier molecular flexibility index (Phi) is 6.88. The van der Waals surface area contributed by atoms with E-state index in [2.05, 4.69) is 5.32 Å². The number of aryl methyl sites for hydroxylation is 1. The molecular weight excluding hydrogens is 380 g/mol. The first kappa shape index (κ1) is 22.4. The Balaban J connectivity index is 2.03. The minimum atomic E-state index is -3.65. The zero-order valence-corrected chi connectivity index (χ0v) is 18.0. The summed E-state index contributed by atoms with van der Waals surface area (Å²) in [5.41, 5.74) is 0.339. The predicted octanol–water partition coefficient (Wildman–Crippen LogP) is 2.24. The van der Waals surface area contributed by atoms with Crippen LogP contribution in [-0.4, -0.2) is 49.3 Å². The van der Waals surface area contributed by atoms with Crippen molar-refractivity contribution in [1.82, 2.24) is 9.62 Å². The lowest BCUT2D eigenvalue weighted by molar-refractivity contribution is -0.158. The van der Waals surface area contributed by atoms with Gasteiger partial charge in [-0.05, 0) is 59.6 Å². The molecule has 1 aliphatic heterocycles. The second-order valence-electron chi connectivity index (χ2n) is 8.28. The Morgan fingerprint density at radius 3 is 2.39 bits per heavy atom. The van der Waals surface area contributed by atoms with E-state index in [0.717, 1.165) is 5.56 Å². The number of esters is 1. The lowest BCUT2D eigenvalue weighted by Crippen LogP contribution is -2.49. The first-order chi connectivity index (χ1) is 12.9. The maximum Gasteiger partial charge on any atom is 0.328 e. The van der Waals surface area contributed by atoms with Gasteiger partial charge in [0.1, 0.15) is 11.6 Å². The highest BCUT2D eigenvalue weighted by Crippen LogP contribution is 2.24. The molecule has 0 spiro atoms. The molecular formula is C20H30N2O5S. The van der Waals surface area contributed by atoms with Gasteiger partial charge in [-0.2, -0.15) is 4.31 Å². The number of hydrogen-bond donors (Lipinski definition) is 1. The van der Waals surface area contributed by atoms with Crippen molar-refractivity contribution in [3.8, 4) is 0 Å². The van der Waals surface area contributed by atoms with Crippen molar-refractivity contribution in [3.63, 3.8) is 0 Å². The van der Waals surface area contributed by atoms with E-state index in [0.29, 0.717) is 19.4 Å². The van der Waals surface area contributed by atoms with Crippen LogP contribution in [0, 0.1) is 12.8 Å². The number of nitrogens with one attached hydrogen (secondary N) is 1. The summed E-state index contributed by atoms with van der Waals surface area (Å²) in [6.45, 7) is 9.21. The number of hydrogen-bond acceptors (Lipinski definition) is 5. The topological polar surface area (TPSA) is 92.8 Å². The molecule has 8 heteroatoms. The Morgan fingerprint density at radius 1 is 1.21 bits per heavy atom. The molecule has 1 heterocycles. The molecule has 1 N–H and O–H groups in total. The maximum absolute atomic E-state index is 12.9. The molecule has 2 unspecified atom stereocenters. The van der Waals surface area contributed by atoms with E-state index in [1.807, 2.05) is 6.92 Å². The van der Waals surface area contributed by atoms with E-state index in [9.17, 15) is 18.0 Å². The largest absolute Gasteiger partial charge is 0.458 e. The van der Waals surface area contributed by atoms with Crippen molar-refractivity contribution in [1.29, 1.82) is 0 Å². The highest BCUT2D eigenvalue weighted by atomic mass is 32.2. The van der Waals surface area contributed by atoms with Crippen LogP contribution in [0.3, 0.4) is 0 Å². The molecule has 0 bridgehead atoms. The van der Waals surface area contributed by atoms with Crippen LogP contribution in [0.25, 0.3) is 0 Å². The highest BCUT2D eigenvalue weighted by molar-refractivity contribution is 7.89. The Morgan fingerprint density at radius 2 is 1.82 bits per heavy atom. The van der Waals surface area contributed by atoms with Gasteiger partial charge < -0.3 is 10.1 Å². The van der Waals surface area contributed by atoms with E-state index in [1.54, 1.807) is 52.0 Å². The summed E-state index contributed by atoms with van der Waals surface area (Å²) >= 11 is 0. The molecule has 1 amide bonds. The Bertz CT molecular complexity index is 812. The molecule has 0 radical (unpaired) electrons. The molecule has 1 fully saturated rings. The van der Waals surface area contributed by atoms with E-state index in [4.69, 9.17) is 4.74 Å². The monoisotopic (exact) mass is 410 g/mol. The molecule has 0 aromatic heterocycles. The number of piperidine rings is 1. The van der Waals surface area contributed by atoms with Crippen LogP contribution in [-0.2, 0) is 24.3 Å². The predicted molar refractivity (Wildman–Crippen MR) is 106 cm³/mol. The molecule has 156 valence electrons. The lowest BCUT2D eigenvalue weighted by atomic mass is 9.98. The minimum Gasteiger partial charge on any atom is -0.458 e. The van der Waals surface area contributed by atoms with E-state index >= 15 is 0 Å². The average Bonchev–Trinajstić information content (AvgIpc) is 2.60. The van der Waals surface area contributed by atoms with Gasteiger partial charge in [0.15, 0.2) is 0 Å². The molecule has 1 aromatic carbocycles. The summed E-state index contributed by atoms with van der Waals surface area (Å²) in [6, 6.07) is 5.88. The van der Waals surface area contributed by atoms with Crippen LogP contribution in [0.15, 0.2) is 29.2 Å². The first-order valence-electron chi connectivity index (χ1n) is 9.50. The number of sulfonamides is 1. The smallest absolute Gasteiger partial charge is 0.328 e. The zero-order chi connectivity index (χ0) is 21.1. The SMILES string of the molecule is Cc1ccc(S(=O)(=O)N2CCCC(C(=O)NC(C)C(=O)OC(C)(C)C)C2)cc1. The normalized spacial score (nSPS) is 19.7. The van der Waals surface area contributed by atoms with Gasteiger partial charge in [0.25, 0.3) is 0 Å². The van der Waals surface area contributed by atoms with Crippen molar-refractivity contribution in [3.05, 3.63) is 29.8 Å². The van der Waals surface area contributed by atoms with Gasteiger partial charge in [0, 0.05) is 13.1 Å². The van der Waals surface area contributed by atoms with Crippen molar-refractivity contribution >= 4 is 21.9 Å². The summed E-state index contributed by atoms with van der Waals surface area (Å²) in [7, 11) is -3.65. The third kappa shape index (κ3) is 5.78. The summed E-state index contributed by atoms with van der Waals surface area (Å²) in [5, 5.41) is 2.66. The molecule has 28 heavy (non-hydrogen) atoms. The van der Waals surface area contributed by atoms with E-state index < -0.39 is 33.6 Å². The van der Waals surface area contributed by atoms with E-state index in [1.165, 1.54) is 4.31 Å². The quantitative estimate of drug-likeness (QED) is 0.752. The fraction of sp³-hybridized carbons (Fsp3) is 0.600. The molecule has 1 aromatic rings. The van der Waals surface area contributed by atoms with Gasteiger partial charge in [-0.15, -0.1) is 0 Å². The number of nitrogens with zero attached hydrogens (tertiary/aromatic N) is 1. The molecule has 0 aliphatic carbocycles. The summed E-state index contributed by atoms with van der Waals surface area (Å²) in [5.74, 6) is -1.35. The number of ether oxygens (including phenoxy) is 1. The van der Waals surface area contributed by atoms with Gasteiger partial charge in [-0.3, -0.25) is 4.79 Å². The first-order valence-corrected chi connectivity index (χ1v) is 10.9. The standard InChI is InChI=1S/C20H30N2O5S/c1-14-8-10-17(11-9-14)28(25,26)22-12-6-7-16(13-22)18(23)21-15(2)19(24)27-20(3,4)5/h8-11,15-16H,6-7,12-13H2,1-5H3,(H,21,23). The molecule has 1 saturated heterocycles. The molecule has 1 aliphatic rings. The Labute approximate surface area is 167 Å². The van der Waals surface area contributed by atoms with Gasteiger partial charge >= 0.3 is 5.97 Å². The molecule has 2 atom stereocenters. The van der Waals surface area contributed by atoms with Crippen LogP contribution >= 0.6 is 0 Å². The molecule has 7 nitrogen and oxygen atoms in total. The van der Waals surface area contributed by atoms with Crippen LogP contribution in [0.5, 0.6) is 0 Å². The van der Waals surface area contributed by atoms with Crippen LogP contribution in [0.4, 0.5) is 0 Å². The van der Waals surface area contributed by atoms with Gasteiger partial charge in [-0.25, -0.2) is 13.2 Å². The maximum atomic E-state index is 12.9.